The second-order valence-corrected chi connectivity index (χ2v) is 6.08. The number of hydrogen-bond donors (Lipinski definition) is 0. The van der Waals surface area contributed by atoms with Gasteiger partial charge in [0.2, 0.25) is 0 Å². The number of aromatic nitrogens is 3. The van der Waals surface area contributed by atoms with Gasteiger partial charge in [-0.3, -0.25) is 0 Å². The molecule has 2 aromatic rings. The summed E-state index contributed by atoms with van der Waals surface area (Å²) in [6.07, 6.45) is 4.77. The van der Waals surface area contributed by atoms with Crippen molar-refractivity contribution in [1.82, 2.24) is 14.5 Å². The Bertz CT molecular complexity index is 538. The van der Waals surface area contributed by atoms with E-state index < -0.39 is 0 Å². The van der Waals surface area contributed by atoms with Gasteiger partial charge in [-0.05, 0) is 24.8 Å². The summed E-state index contributed by atoms with van der Waals surface area (Å²) in [4.78, 5) is 9.18. The molecule has 0 aromatic carbocycles. The first-order valence-corrected chi connectivity index (χ1v) is 7.89. The Kier molecular flexibility index (Phi) is 4.51. The maximum atomic E-state index is 5.87. The van der Waals surface area contributed by atoms with Gasteiger partial charge in [-0.15, -0.1) is 11.6 Å². The highest BCUT2D eigenvalue weighted by Gasteiger charge is 2.14. The maximum Gasteiger partial charge on any atom is 0.160 e. The summed E-state index contributed by atoms with van der Waals surface area (Å²) in [6, 6.07) is 2.00. The van der Waals surface area contributed by atoms with Crippen molar-refractivity contribution in [3.05, 3.63) is 23.7 Å². The lowest BCUT2D eigenvalue weighted by atomic mass is 10.3. The van der Waals surface area contributed by atoms with Gasteiger partial charge in [0.25, 0.3) is 0 Å². The van der Waals surface area contributed by atoms with E-state index in [-0.39, 0.29) is 0 Å². The highest BCUT2D eigenvalue weighted by Crippen LogP contribution is 2.20. The standard InChI is InChI=1S/C13H18ClN3S/c1-9-5-7-15-13-12(9)16-11(4-6-14)17(13)8-10(2)18-3/h5,7,10H,4,6,8H2,1-3H3. The zero-order chi connectivity index (χ0) is 13.1. The SMILES string of the molecule is CSC(C)Cn1c(CCCl)nc2c(C)ccnc21. The third kappa shape index (κ3) is 2.64. The van der Waals surface area contributed by atoms with Crippen molar-refractivity contribution in [3.8, 4) is 0 Å². The third-order valence-electron chi connectivity index (χ3n) is 3.07. The van der Waals surface area contributed by atoms with Crippen molar-refractivity contribution < 1.29 is 0 Å². The lowest BCUT2D eigenvalue weighted by Gasteiger charge is -2.12. The molecule has 0 aliphatic heterocycles. The number of nitrogens with zero attached hydrogens (tertiary/aromatic N) is 3. The molecule has 2 rings (SSSR count). The van der Waals surface area contributed by atoms with Gasteiger partial charge in [0.15, 0.2) is 5.65 Å². The van der Waals surface area contributed by atoms with Crippen LogP contribution < -0.4 is 0 Å². The van der Waals surface area contributed by atoms with Gasteiger partial charge in [0, 0.05) is 30.3 Å². The fourth-order valence-electron chi connectivity index (χ4n) is 1.98. The molecule has 1 unspecified atom stereocenters. The van der Waals surface area contributed by atoms with Crippen LogP contribution in [-0.4, -0.2) is 31.9 Å². The number of pyridine rings is 1. The minimum absolute atomic E-state index is 0.541. The van der Waals surface area contributed by atoms with Crippen LogP contribution in [0.2, 0.25) is 0 Å². The second kappa shape index (κ2) is 5.93. The number of fused-ring (bicyclic) bond motifs is 1. The lowest BCUT2D eigenvalue weighted by Crippen LogP contribution is -2.13. The molecule has 0 saturated carbocycles. The van der Waals surface area contributed by atoms with Crippen LogP contribution >= 0.6 is 23.4 Å². The molecule has 98 valence electrons. The number of alkyl halides is 1. The van der Waals surface area contributed by atoms with Crippen LogP contribution in [0.3, 0.4) is 0 Å². The molecule has 1 atom stereocenters. The first-order valence-electron chi connectivity index (χ1n) is 6.06. The first kappa shape index (κ1) is 13.7. The average molecular weight is 284 g/mol. The van der Waals surface area contributed by atoms with Crippen molar-refractivity contribution >= 4 is 34.5 Å². The number of thioether (sulfide) groups is 1. The monoisotopic (exact) mass is 283 g/mol. The smallest absolute Gasteiger partial charge is 0.160 e. The van der Waals surface area contributed by atoms with Gasteiger partial charge in [-0.1, -0.05) is 6.92 Å². The molecule has 0 spiro atoms. The average Bonchev–Trinajstić information content (AvgIpc) is 2.70. The fourth-order valence-corrected chi connectivity index (χ4v) is 2.45. The number of hydrogen-bond acceptors (Lipinski definition) is 3. The molecule has 0 saturated heterocycles. The van der Waals surface area contributed by atoms with E-state index in [1.165, 1.54) is 5.56 Å². The van der Waals surface area contributed by atoms with Gasteiger partial charge < -0.3 is 4.57 Å². The van der Waals surface area contributed by atoms with Crippen molar-refractivity contribution in [1.29, 1.82) is 0 Å². The summed E-state index contributed by atoms with van der Waals surface area (Å²) in [6.45, 7) is 5.22. The van der Waals surface area contributed by atoms with Gasteiger partial charge in [-0.25, -0.2) is 9.97 Å². The molecular weight excluding hydrogens is 266 g/mol. The lowest BCUT2D eigenvalue weighted by molar-refractivity contribution is 0.667. The number of halogens is 1. The zero-order valence-corrected chi connectivity index (χ0v) is 12.6. The number of rotatable bonds is 5. The molecule has 0 aliphatic carbocycles. The van der Waals surface area contributed by atoms with Gasteiger partial charge in [0.05, 0.1) is 0 Å². The number of imidazole rings is 1. The van der Waals surface area contributed by atoms with Crippen LogP contribution in [0.15, 0.2) is 12.3 Å². The zero-order valence-electron chi connectivity index (χ0n) is 11.0. The number of aryl methyl sites for hydroxylation is 2. The van der Waals surface area contributed by atoms with Gasteiger partial charge >= 0.3 is 0 Å². The van der Waals surface area contributed by atoms with E-state index in [4.69, 9.17) is 16.6 Å². The van der Waals surface area contributed by atoms with E-state index >= 15 is 0 Å². The molecule has 2 heterocycles. The molecule has 5 heteroatoms. The minimum Gasteiger partial charge on any atom is -0.312 e. The van der Waals surface area contributed by atoms with E-state index in [2.05, 4.69) is 29.7 Å². The van der Waals surface area contributed by atoms with Gasteiger partial charge in [0.1, 0.15) is 11.3 Å². The minimum atomic E-state index is 0.541. The summed E-state index contributed by atoms with van der Waals surface area (Å²) in [5.41, 5.74) is 3.16. The van der Waals surface area contributed by atoms with Crippen LogP contribution in [-0.2, 0) is 13.0 Å². The Balaban J connectivity index is 2.52. The Hall–Kier alpha value is -0.740. The summed E-state index contributed by atoms with van der Waals surface area (Å²) >= 11 is 7.72. The highest BCUT2D eigenvalue weighted by molar-refractivity contribution is 7.99. The summed E-state index contributed by atoms with van der Waals surface area (Å²) < 4.78 is 2.21. The van der Waals surface area contributed by atoms with Crippen LogP contribution in [0.1, 0.15) is 18.3 Å². The molecule has 3 nitrogen and oxygen atoms in total. The van der Waals surface area contributed by atoms with E-state index in [0.29, 0.717) is 11.1 Å². The normalized spacial score (nSPS) is 13.1. The largest absolute Gasteiger partial charge is 0.312 e. The highest BCUT2D eigenvalue weighted by atomic mass is 35.5. The van der Waals surface area contributed by atoms with Crippen molar-refractivity contribution in [2.45, 2.75) is 32.1 Å². The predicted molar refractivity (Wildman–Crippen MR) is 79.7 cm³/mol. The molecule has 18 heavy (non-hydrogen) atoms. The molecule has 0 N–H and O–H groups in total. The van der Waals surface area contributed by atoms with Crippen molar-refractivity contribution in [2.24, 2.45) is 0 Å². The molecule has 0 aliphatic rings. The molecule has 0 amide bonds. The Labute approximate surface area is 117 Å². The van der Waals surface area contributed by atoms with E-state index in [0.717, 1.165) is 30.0 Å². The molecule has 0 fully saturated rings. The third-order valence-corrected chi connectivity index (χ3v) is 4.22. The molecule has 0 bridgehead atoms. The van der Waals surface area contributed by atoms with E-state index in [1.807, 2.05) is 24.0 Å². The van der Waals surface area contributed by atoms with Crippen LogP contribution in [0.5, 0.6) is 0 Å². The molecular formula is C13H18ClN3S. The second-order valence-electron chi connectivity index (χ2n) is 4.42. The van der Waals surface area contributed by atoms with Gasteiger partial charge in [-0.2, -0.15) is 11.8 Å². The van der Waals surface area contributed by atoms with Crippen LogP contribution in [0.25, 0.3) is 11.2 Å². The van der Waals surface area contributed by atoms with Crippen LogP contribution in [0.4, 0.5) is 0 Å². The Morgan fingerprint density at radius 1 is 1.50 bits per heavy atom. The maximum absolute atomic E-state index is 5.87. The van der Waals surface area contributed by atoms with E-state index in [9.17, 15) is 0 Å². The fraction of sp³-hybridized carbons (Fsp3) is 0.538. The topological polar surface area (TPSA) is 30.7 Å². The molecule has 0 radical (unpaired) electrons. The van der Waals surface area contributed by atoms with Crippen molar-refractivity contribution in [2.75, 3.05) is 12.1 Å². The van der Waals surface area contributed by atoms with E-state index in [1.54, 1.807) is 0 Å². The first-order chi connectivity index (χ1) is 8.67. The Morgan fingerprint density at radius 2 is 2.28 bits per heavy atom. The quantitative estimate of drug-likeness (QED) is 0.789. The van der Waals surface area contributed by atoms with Crippen molar-refractivity contribution in [3.63, 3.8) is 0 Å². The Morgan fingerprint density at radius 3 is 2.94 bits per heavy atom. The summed E-state index contributed by atoms with van der Waals surface area (Å²) in [5, 5.41) is 0.541. The summed E-state index contributed by atoms with van der Waals surface area (Å²) in [7, 11) is 0. The van der Waals surface area contributed by atoms with Crippen LogP contribution in [0, 0.1) is 6.92 Å². The predicted octanol–water partition coefficient (Wildman–Crippen LogP) is 3.27. The summed E-state index contributed by atoms with van der Waals surface area (Å²) in [5.74, 6) is 1.64. The molecule has 2 aromatic heterocycles.